The molecule has 0 aliphatic heterocycles. The molecule has 3 aromatic rings. The number of hydrogen-bond donors (Lipinski definition) is 2. The lowest BCUT2D eigenvalue weighted by atomic mass is 10.3. The standard InChI is InChI=1S/C11H7N5O3S/c17-10(18)7-5-6(3-4-12-7)20-9-2-1-8-13-14-11(19)16(8)15-9/h1-5H,(H,14,19)(H,17,18). The van der Waals surface area contributed by atoms with E-state index >= 15 is 0 Å². The molecular formula is C11H7N5O3S. The number of carboxylic acids is 1. The van der Waals surface area contributed by atoms with Crippen LogP contribution in [0.3, 0.4) is 0 Å². The summed E-state index contributed by atoms with van der Waals surface area (Å²) in [4.78, 5) is 26.7. The van der Waals surface area contributed by atoms with Crippen LogP contribution in [-0.2, 0) is 0 Å². The maximum Gasteiger partial charge on any atom is 0.364 e. The van der Waals surface area contributed by atoms with Gasteiger partial charge in [0.25, 0.3) is 0 Å². The van der Waals surface area contributed by atoms with Gasteiger partial charge < -0.3 is 5.11 Å². The molecular weight excluding hydrogens is 282 g/mol. The molecule has 0 aliphatic carbocycles. The first-order chi connectivity index (χ1) is 9.63. The van der Waals surface area contributed by atoms with Crippen LogP contribution < -0.4 is 5.69 Å². The van der Waals surface area contributed by atoms with Crippen molar-refractivity contribution < 1.29 is 9.90 Å². The van der Waals surface area contributed by atoms with Crippen LogP contribution in [0.1, 0.15) is 10.5 Å². The van der Waals surface area contributed by atoms with Crippen LogP contribution in [0.4, 0.5) is 0 Å². The molecule has 3 aromatic heterocycles. The Labute approximate surface area is 115 Å². The first-order valence-corrected chi connectivity index (χ1v) is 6.27. The summed E-state index contributed by atoms with van der Waals surface area (Å²) in [6.07, 6.45) is 1.41. The average molecular weight is 289 g/mol. The fraction of sp³-hybridized carbons (Fsp3) is 0. The molecule has 0 amide bonds. The van der Waals surface area contributed by atoms with Gasteiger partial charge in [-0.1, -0.05) is 11.8 Å². The molecule has 0 atom stereocenters. The average Bonchev–Trinajstić information content (AvgIpc) is 2.81. The van der Waals surface area contributed by atoms with Crippen LogP contribution in [-0.4, -0.2) is 35.9 Å². The third-order valence-corrected chi connectivity index (χ3v) is 3.34. The van der Waals surface area contributed by atoms with Crippen LogP contribution in [0.5, 0.6) is 0 Å². The van der Waals surface area contributed by atoms with E-state index < -0.39 is 11.7 Å². The number of nitrogens with one attached hydrogen (secondary N) is 1. The molecule has 100 valence electrons. The summed E-state index contributed by atoms with van der Waals surface area (Å²) in [6.45, 7) is 0. The maximum absolute atomic E-state index is 11.4. The van der Waals surface area contributed by atoms with Crippen LogP contribution >= 0.6 is 11.8 Å². The van der Waals surface area contributed by atoms with Crippen molar-refractivity contribution >= 4 is 23.4 Å². The summed E-state index contributed by atoms with van der Waals surface area (Å²) >= 11 is 1.23. The predicted molar refractivity (Wildman–Crippen MR) is 68.9 cm³/mol. The summed E-state index contributed by atoms with van der Waals surface area (Å²) in [7, 11) is 0. The zero-order valence-electron chi connectivity index (χ0n) is 9.85. The molecule has 3 rings (SSSR count). The van der Waals surface area contributed by atoms with Gasteiger partial charge in [0.1, 0.15) is 10.7 Å². The highest BCUT2D eigenvalue weighted by Gasteiger charge is 2.08. The van der Waals surface area contributed by atoms with Crippen molar-refractivity contribution in [2.24, 2.45) is 0 Å². The van der Waals surface area contributed by atoms with E-state index in [1.54, 1.807) is 18.2 Å². The van der Waals surface area contributed by atoms with Gasteiger partial charge in [0.2, 0.25) is 0 Å². The Balaban J connectivity index is 1.96. The van der Waals surface area contributed by atoms with E-state index in [0.29, 0.717) is 15.6 Å². The number of pyridine rings is 1. The fourth-order valence-electron chi connectivity index (χ4n) is 1.55. The number of aromatic nitrogens is 5. The largest absolute Gasteiger partial charge is 0.477 e. The lowest BCUT2D eigenvalue weighted by Gasteiger charge is -2.01. The number of aromatic carboxylic acids is 1. The molecule has 0 unspecified atom stereocenters. The summed E-state index contributed by atoms with van der Waals surface area (Å²) in [5, 5.41) is 19.6. The number of carbonyl (C=O) groups is 1. The molecule has 3 heterocycles. The van der Waals surface area contributed by atoms with Gasteiger partial charge in [0.05, 0.1) is 0 Å². The van der Waals surface area contributed by atoms with Gasteiger partial charge in [-0.15, -0.1) is 0 Å². The van der Waals surface area contributed by atoms with Crippen molar-refractivity contribution in [3.8, 4) is 0 Å². The molecule has 0 bridgehead atoms. The van der Waals surface area contributed by atoms with Gasteiger partial charge in [0, 0.05) is 11.1 Å². The van der Waals surface area contributed by atoms with Crippen molar-refractivity contribution in [3.05, 3.63) is 46.6 Å². The topological polar surface area (TPSA) is 113 Å². The number of fused-ring (bicyclic) bond motifs is 1. The zero-order chi connectivity index (χ0) is 14.1. The summed E-state index contributed by atoms with van der Waals surface area (Å²) in [6, 6.07) is 6.45. The first-order valence-electron chi connectivity index (χ1n) is 5.45. The van der Waals surface area contributed by atoms with E-state index in [1.807, 2.05) is 0 Å². The molecule has 0 saturated carbocycles. The van der Waals surface area contributed by atoms with Crippen molar-refractivity contribution in [1.29, 1.82) is 0 Å². The monoisotopic (exact) mass is 289 g/mol. The highest BCUT2D eigenvalue weighted by molar-refractivity contribution is 7.99. The molecule has 8 nitrogen and oxygen atoms in total. The Morgan fingerprint density at radius 2 is 2.20 bits per heavy atom. The second-order valence-electron chi connectivity index (χ2n) is 3.75. The second-order valence-corrected chi connectivity index (χ2v) is 4.85. The molecule has 0 radical (unpaired) electrons. The number of rotatable bonds is 3. The van der Waals surface area contributed by atoms with E-state index in [2.05, 4.69) is 20.3 Å². The molecule has 2 N–H and O–H groups in total. The maximum atomic E-state index is 11.4. The lowest BCUT2D eigenvalue weighted by molar-refractivity contribution is 0.0690. The molecule has 0 saturated heterocycles. The molecule has 0 aliphatic rings. The minimum absolute atomic E-state index is 0.0449. The minimum Gasteiger partial charge on any atom is -0.477 e. The number of carboxylic acid groups (broad SMARTS) is 1. The third-order valence-electron chi connectivity index (χ3n) is 2.42. The molecule has 0 spiro atoms. The quantitative estimate of drug-likeness (QED) is 0.728. The Hall–Kier alpha value is -2.68. The van der Waals surface area contributed by atoms with Crippen LogP contribution in [0.2, 0.25) is 0 Å². The van der Waals surface area contributed by atoms with E-state index in [0.717, 1.165) is 4.52 Å². The Kier molecular flexibility index (Phi) is 2.95. The van der Waals surface area contributed by atoms with E-state index in [4.69, 9.17) is 5.11 Å². The first kappa shape index (κ1) is 12.4. The van der Waals surface area contributed by atoms with E-state index in [-0.39, 0.29) is 5.69 Å². The number of nitrogens with zero attached hydrogens (tertiary/aromatic N) is 4. The van der Waals surface area contributed by atoms with Gasteiger partial charge in [0.15, 0.2) is 5.65 Å². The van der Waals surface area contributed by atoms with Crippen molar-refractivity contribution in [1.82, 2.24) is 24.8 Å². The third kappa shape index (κ3) is 2.26. The van der Waals surface area contributed by atoms with Crippen molar-refractivity contribution in [3.63, 3.8) is 0 Å². The SMILES string of the molecule is O=C(O)c1cc(Sc2ccc3n[nH]c(=O)n3n2)ccn1. The van der Waals surface area contributed by atoms with Gasteiger partial charge in [-0.3, -0.25) is 0 Å². The minimum atomic E-state index is -1.10. The predicted octanol–water partition coefficient (Wildman–Crippen LogP) is 0.662. The Bertz CT molecular complexity index is 856. The van der Waals surface area contributed by atoms with Crippen molar-refractivity contribution in [2.45, 2.75) is 9.92 Å². The van der Waals surface area contributed by atoms with Crippen LogP contribution in [0.25, 0.3) is 5.65 Å². The molecule has 0 fully saturated rings. The van der Waals surface area contributed by atoms with Gasteiger partial charge in [-0.2, -0.15) is 14.7 Å². The van der Waals surface area contributed by atoms with E-state index in [9.17, 15) is 9.59 Å². The highest BCUT2D eigenvalue weighted by atomic mass is 32.2. The summed E-state index contributed by atoms with van der Waals surface area (Å²) < 4.78 is 1.14. The Morgan fingerprint density at radius 1 is 1.35 bits per heavy atom. The van der Waals surface area contributed by atoms with Crippen LogP contribution in [0, 0.1) is 0 Å². The number of H-pyrrole nitrogens is 1. The van der Waals surface area contributed by atoms with Gasteiger partial charge in [-0.25, -0.2) is 19.7 Å². The Morgan fingerprint density at radius 3 is 3.00 bits per heavy atom. The summed E-state index contributed by atoms with van der Waals surface area (Å²) in [5.74, 6) is -1.10. The smallest absolute Gasteiger partial charge is 0.364 e. The highest BCUT2D eigenvalue weighted by Crippen LogP contribution is 2.25. The molecule has 9 heteroatoms. The summed E-state index contributed by atoms with van der Waals surface area (Å²) in [5.41, 5.74) is -0.0553. The van der Waals surface area contributed by atoms with Gasteiger partial charge >= 0.3 is 11.7 Å². The number of aromatic amines is 1. The molecule has 20 heavy (non-hydrogen) atoms. The van der Waals surface area contributed by atoms with Gasteiger partial charge in [-0.05, 0) is 24.3 Å². The van der Waals surface area contributed by atoms with Crippen molar-refractivity contribution in [2.75, 3.05) is 0 Å². The van der Waals surface area contributed by atoms with Crippen LogP contribution in [0.15, 0.2) is 45.2 Å². The molecule has 0 aromatic carbocycles. The second kappa shape index (κ2) is 4.78. The number of hydrogen-bond acceptors (Lipinski definition) is 6. The zero-order valence-corrected chi connectivity index (χ0v) is 10.7. The fourth-order valence-corrected chi connectivity index (χ4v) is 2.35. The lowest BCUT2D eigenvalue weighted by Crippen LogP contribution is -2.12. The normalized spacial score (nSPS) is 10.8. The van der Waals surface area contributed by atoms with E-state index in [1.165, 1.54) is 24.0 Å².